The average Bonchev–Trinajstić information content (AvgIpc) is 2.06. The molecule has 1 aromatic rings. The number of aromatic nitrogens is 1. The van der Waals surface area contributed by atoms with Crippen LogP contribution in [0.3, 0.4) is 0 Å². The molecule has 0 atom stereocenters. The summed E-state index contributed by atoms with van der Waals surface area (Å²) in [5, 5.41) is 0. The Balaban J connectivity index is 3.24. The summed E-state index contributed by atoms with van der Waals surface area (Å²) in [6.45, 7) is 3.88. The van der Waals surface area contributed by atoms with E-state index in [-0.39, 0.29) is 0 Å². The average molecular weight is 167 g/mol. The van der Waals surface area contributed by atoms with Crippen LogP contribution in [0.2, 0.25) is 0 Å². The Morgan fingerprint density at radius 2 is 1.83 bits per heavy atom. The van der Waals surface area contributed by atoms with Crippen LogP contribution < -0.4 is 9.47 Å². The predicted octanol–water partition coefficient (Wildman–Crippen LogP) is 1.72. The van der Waals surface area contributed by atoms with Crippen LogP contribution in [0, 0.1) is 13.8 Å². The van der Waals surface area contributed by atoms with Crippen LogP contribution in [0.15, 0.2) is 6.20 Å². The molecule has 0 aromatic carbocycles. The molecule has 0 aliphatic rings. The van der Waals surface area contributed by atoms with Gasteiger partial charge in [0.05, 0.1) is 19.8 Å². The van der Waals surface area contributed by atoms with Crippen LogP contribution in [0.1, 0.15) is 11.1 Å². The largest absolute Gasteiger partial charge is 0.496 e. The predicted molar refractivity (Wildman–Crippen MR) is 46.8 cm³/mol. The van der Waals surface area contributed by atoms with Gasteiger partial charge in [0.15, 0.2) is 0 Å². The molecule has 0 bridgehead atoms. The zero-order valence-electron chi connectivity index (χ0n) is 7.84. The summed E-state index contributed by atoms with van der Waals surface area (Å²) in [6.07, 6.45) is 1.74. The molecule has 12 heavy (non-hydrogen) atoms. The first-order valence-corrected chi connectivity index (χ1v) is 3.75. The molecule has 0 unspecified atom stereocenters. The van der Waals surface area contributed by atoms with Gasteiger partial charge in [-0.05, 0) is 13.8 Å². The third-order valence-corrected chi connectivity index (χ3v) is 1.79. The van der Waals surface area contributed by atoms with Gasteiger partial charge in [-0.1, -0.05) is 0 Å². The molecular weight excluding hydrogens is 154 g/mol. The van der Waals surface area contributed by atoms with Crippen molar-refractivity contribution in [3.63, 3.8) is 0 Å². The number of hydrogen-bond donors (Lipinski definition) is 0. The van der Waals surface area contributed by atoms with Crippen LogP contribution >= 0.6 is 0 Å². The molecular formula is C9H13NO2. The van der Waals surface area contributed by atoms with Gasteiger partial charge in [0.25, 0.3) is 0 Å². The Bertz CT molecular complexity index is 284. The van der Waals surface area contributed by atoms with Crippen molar-refractivity contribution in [3.8, 4) is 11.6 Å². The van der Waals surface area contributed by atoms with Crippen LogP contribution in [-0.2, 0) is 0 Å². The molecule has 0 radical (unpaired) electrons. The minimum atomic E-state index is 0.623. The molecule has 3 heteroatoms. The summed E-state index contributed by atoms with van der Waals surface area (Å²) in [6, 6.07) is 0. The van der Waals surface area contributed by atoms with E-state index >= 15 is 0 Å². The number of hydrogen-bond acceptors (Lipinski definition) is 3. The molecule has 0 aliphatic carbocycles. The van der Waals surface area contributed by atoms with Gasteiger partial charge < -0.3 is 9.47 Å². The number of ether oxygens (including phenoxy) is 2. The van der Waals surface area contributed by atoms with Gasteiger partial charge in [0.2, 0.25) is 5.88 Å². The first-order chi connectivity index (χ1) is 5.70. The Morgan fingerprint density at radius 3 is 2.33 bits per heavy atom. The van der Waals surface area contributed by atoms with Crippen molar-refractivity contribution in [1.29, 1.82) is 0 Å². The highest BCUT2D eigenvalue weighted by atomic mass is 16.5. The van der Waals surface area contributed by atoms with Crippen molar-refractivity contribution >= 4 is 0 Å². The Morgan fingerprint density at radius 1 is 1.17 bits per heavy atom. The maximum Gasteiger partial charge on any atom is 0.219 e. The zero-order valence-corrected chi connectivity index (χ0v) is 7.84. The lowest BCUT2D eigenvalue weighted by Gasteiger charge is -2.10. The quantitative estimate of drug-likeness (QED) is 0.672. The van der Waals surface area contributed by atoms with Crippen molar-refractivity contribution in [2.24, 2.45) is 0 Å². The maximum absolute atomic E-state index is 5.20. The van der Waals surface area contributed by atoms with Crippen molar-refractivity contribution in [1.82, 2.24) is 4.98 Å². The smallest absolute Gasteiger partial charge is 0.219 e. The van der Waals surface area contributed by atoms with Gasteiger partial charge in [0, 0.05) is 11.8 Å². The van der Waals surface area contributed by atoms with E-state index in [0.29, 0.717) is 5.88 Å². The normalized spacial score (nSPS) is 9.67. The van der Waals surface area contributed by atoms with Gasteiger partial charge in [-0.3, -0.25) is 0 Å². The highest BCUT2D eigenvalue weighted by Crippen LogP contribution is 2.27. The highest BCUT2D eigenvalue weighted by molar-refractivity contribution is 5.43. The summed E-state index contributed by atoms with van der Waals surface area (Å²) in [5.41, 5.74) is 1.97. The van der Waals surface area contributed by atoms with E-state index in [4.69, 9.17) is 9.47 Å². The van der Waals surface area contributed by atoms with E-state index in [9.17, 15) is 0 Å². The van der Waals surface area contributed by atoms with Gasteiger partial charge in [-0.2, -0.15) is 0 Å². The van der Waals surface area contributed by atoms with Gasteiger partial charge >= 0.3 is 0 Å². The Hall–Kier alpha value is -1.25. The van der Waals surface area contributed by atoms with Crippen molar-refractivity contribution in [2.45, 2.75) is 13.8 Å². The van der Waals surface area contributed by atoms with Crippen molar-refractivity contribution in [3.05, 3.63) is 17.3 Å². The minimum absolute atomic E-state index is 0.623. The highest BCUT2D eigenvalue weighted by Gasteiger charge is 2.08. The molecule has 0 N–H and O–H groups in total. The Labute approximate surface area is 72.3 Å². The van der Waals surface area contributed by atoms with Crippen LogP contribution in [0.4, 0.5) is 0 Å². The topological polar surface area (TPSA) is 31.4 Å². The third kappa shape index (κ3) is 1.35. The Kier molecular flexibility index (Phi) is 2.53. The van der Waals surface area contributed by atoms with Crippen LogP contribution in [-0.4, -0.2) is 19.2 Å². The van der Waals surface area contributed by atoms with E-state index in [1.807, 2.05) is 13.8 Å². The first kappa shape index (κ1) is 8.84. The number of rotatable bonds is 2. The molecule has 3 nitrogen and oxygen atoms in total. The second kappa shape index (κ2) is 3.43. The molecule has 1 heterocycles. The van der Waals surface area contributed by atoms with Crippen molar-refractivity contribution < 1.29 is 9.47 Å². The lowest BCUT2D eigenvalue weighted by molar-refractivity contribution is 0.375. The molecule has 0 spiro atoms. The molecule has 0 saturated carbocycles. The second-order valence-corrected chi connectivity index (χ2v) is 2.61. The summed E-state index contributed by atoms with van der Waals surface area (Å²) in [4.78, 5) is 4.10. The fourth-order valence-corrected chi connectivity index (χ4v) is 1.22. The summed E-state index contributed by atoms with van der Waals surface area (Å²) in [7, 11) is 3.25. The molecule has 1 aromatic heterocycles. The zero-order chi connectivity index (χ0) is 9.14. The van der Waals surface area contributed by atoms with E-state index < -0.39 is 0 Å². The molecule has 0 amide bonds. The van der Waals surface area contributed by atoms with Crippen LogP contribution in [0.5, 0.6) is 11.6 Å². The maximum atomic E-state index is 5.20. The summed E-state index contributed by atoms with van der Waals surface area (Å²) in [5.74, 6) is 1.47. The fraction of sp³-hybridized carbons (Fsp3) is 0.444. The van der Waals surface area contributed by atoms with E-state index in [2.05, 4.69) is 4.98 Å². The van der Waals surface area contributed by atoms with Crippen molar-refractivity contribution in [2.75, 3.05) is 14.2 Å². The SMILES string of the molecule is COc1ncc(C)c(OC)c1C. The molecule has 0 saturated heterocycles. The van der Waals surface area contributed by atoms with E-state index in [1.54, 1.807) is 20.4 Å². The lowest BCUT2D eigenvalue weighted by atomic mass is 10.2. The number of pyridine rings is 1. The molecule has 1 rings (SSSR count). The first-order valence-electron chi connectivity index (χ1n) is 3.75. The van der Waals surface area contributed by atoms with E-state index in [1.165, 1.54) is 0 Å². The summed E-state index contributed by atoms with van der Waals surface area (Å²) < 4.78 is 10.2. The summed E-state index contributed by atoms with van der Waals surface area (Å²) >= 11 is 0. The molecule has 66 valence electrons. The minimum Gasteiger partial charge on any atom is -0.496 e. The standard InChI is InChI=1S/C9H13NO2/c1-6-5-10-9(12-4)7(2)8(6)11-3/h5H,1-4H3. The fourth-order valence-electron chi connectivity index (χ4n) is 1.22. The van der Waals surface area contributed by atoms with E-state index in [0.717, 1.165) is 16.9 Å². The van der Waals surface area contributed by atoms with Crippen LogP contribution in [0.25, 0.3) is 0 Å². The van der Waals surface area contributed by atoms with Gasteiger partial charge in [0.1, 0.15) is 5.75 Å². The molecule has 0 aliphatic heterocycles. The molecule has 0 fully saturated rings. The second-order valence-electron chi connectivity index (χ2n) is 2.61. The van der Waals surface area contributed by atoms with Gasteiger partial charge in [-0.25, -0.2) is 4.98 Å². The van der Waals surface area contributed by atoms with Gasteiger partial charge in [-0.15, -0.1) is 0 Å². The lowest BCUT2D eigenvalue weighted by Crippen LogP contribution is -1.97. The third-order valence-electron chi connectivity index (χ3n) is 1.79. The monoisotopic (exact) mass is 167 g/mol. The number of nitrogens with zero attached hydrogens (tertiary/aromatic N) is 1. The number of aryl methyl sites for hydroxylation is 1. The number of methoxy groups -OCH3 is 2.